The van der Waals surface area contributed by atoms with E-state index in [9.17, 15) is 26.7 Å². The summed E-state index contributed by atoms with van der Waals surface area (Å²) in [6.45, 7) is 1.61. The number of halogens is 6. The Kier molecular flexibility index (Phi) is 4.08. The number of amides is 1. The van der Waals surface area contributed by atoms with Gasteiger partial charge in [-0.3, -0.25) is 4.79 Å². The highest BCUT2D eigenvalue weighted by Gasteiger charge is 2.63. The van der Waals surface area contributed by atoms with Gasteiger partial charge in [-0.25, -0.2) is 0 Å². The van der Waals surface area contributed by atoms with Crippen molar-refractivity contribution in [3.63, 3.8) is 0 Å². The predicted molar refractivity (Wildman–Crippen MR) is 62.9 cm³/mol. The van der Waals surface area contributed by atoms with Crippen molar-refractivity contribution in [2.45, 2.75) is 19.0 Å². The molecule has 0 aromatic heterocycles. The number of benzene rings is 1. The molecule has 106 valence electrons. The Balaban J connectivity index is 3.05. The maximum atomic E-state index is 12.7. The quantitative estimate of drug-likeness (QED) is 0.636. The van der Waals surface area contributed by atoms with Gasteiger partial charge in [0.25, 0.3) is 0 Å². The van der Waals surface area contributed by atoms with Gasteiger partial charge in [0.05, 0.1) is 5.69 Å². The summed E-state index contributed by atoms with van der Waals surface area (Å²) < 4.78 is 61.6. The summed E-state index contributed by atoms with van der Waals surface area (Å²) in [5.74, 6) is -7.95. The molecule has 0 heterocycles. The van der Waals surface area contributed by atoms with E-state index in [1.807, 2.05) is 0 Å². The number of anilines is 2. The zero-order valence-electron chi connectivity index (χ0n) is 9.41. The number of aryl methyl sites for hydroxylation is 1. The molecule has 3 N–H and O–H groups in total. The van der Waals surface area contributed by atoms with Gasteiger partial charge in [-0.15, -0.1) is 0 Å². The molecule has 0 radical (unpaired) electrons. The number of hydrogen-bond acceptors (Lipinski definition) is 2. The van der Waals surface area contributed by atoms with Crippen molar-refractivity contribution in [3.05, 3.63) is 22.2 Å². The molecule has 1 aromatic carbocycles. The topological polar surface area (TPSA) is 55.1 Å². The van der Waals surface area contributed by atoms with Gasteiger partial charge in [0.15, 0.2) is 0 Å². The Morgan fingerprint density at radius 3 is 2.26 bits per heavy atom. The minimum absolute atomic E-state index is 0.144. The molecule has 0 saturated heterocycles. The molecular weight excluding hydrogens is 339 g/mol. The molecular formula is C10H8BrF5N2O. The van der Waals surface area contributed by atoms with E-state index in [2.05, 4.69) is 15.9 Å². The molecule has 1 rings (SSSR count). The number of rotatable bonds is 2. The van der Waals surface area contributed by atoms with Crippen LogP contribution < -0.4 is 11.1 Å². The molecule has 1 aromatic rings. The molecule has 0 aliphatic carbocycles. The summed E-state index contributed by atoms with van der Waals surface area (Å²) in [6, 6.07) is 2.47. The lowest BCUT2D eigenvalue weighted by atomic mass is 10.2. The average molecular weight is 347 g/mol. The fraction of sp³-hybridized carbons (Fsp3) is 0.300. The van der Waals surface area contributed by atoms with Crippen molar-refractivity contribution < 1.29 is 26.7 Å². The van der Waals surface area contributed by atoms with E-state index in [0.717, 1.165) is 6.07 Å². The van der Waals surface area contributed by atoms with E-state index in [4.69, 9.17) is 5.73 Å². The second-order valence-electron chi connectivity index (χ2n) is 3.71. The van der Waals surface area contributed by atoms with Gasteiger partial charge in [-0.2, -0.15) is 22.0 Å². The molecule has 0 atom stereocenters. The minimum atomic E-state index is -5.96. The highest BCUT2D eigenvalue weighted by molar-refractivity contribution is 9.10. The van der Waals surface area contributed by atoms with Gasteiger partial charge in [0.2, 0.25) is 0 Å². The number of alkyl halides is 5. The first-order chi connectivity index (χ1) is 8.46. The monoisotopic (exact) mass is 346 g/mol. The van der Waals surface area contributed by atoms with E-state index in [1.54, 1.807) is 6.92 Å². The van der Waals surface area contributed by atoms with Crippen LogP contribution in [0.4, 0.5) is 33.3 Å². The SMILES string of the molecule is Cc1cc(Br)c(NC(=O)C(F)(F)C(F)(F)F)cc1N. The van der Waals surface area contributed by atoms with Crippen molar-refractivity contribution in [3.8, 4) is 0 Å². The van der Waals surface area contributed by atoms with Gasteiger partial charge in [0, 0.05) is 10.2 Å². The van der Waals surface area contributed by atoms with Crippen molar-refractivity contribution >= 4 is 33.2 Å². The molecule has 0 saturated carbocycles. The fourth-order valence-corrected chi connectivity index (χ4v) is 1.67. The molecule has 19 heavy (non-hydrogen) atoms. The van der Waals surface area contributed by atoms with Crippen LogP contribution in [0.5, 0.6) is 0 Å². The zero-order chi connectivity index (χ0) is 15.0. The maximum Gasteiger partial charge on any atom is 0.463 e. The standard InChI is InChI=1S/C10H8BrF5N2O/c1-4-2-5(11)7(3-6(4)17)18-8(19)9(12,13)10(14,15)16/h2-3H,17H2,1H3,(H,18,19). The van der Waals surface area contributed by atoms with Gasteiger partial charge in [-0.05, 0) is 40.5 Å². The molecule has 3 nitrogen and oxygen atoms in total. The van der Waals surface area contributed by atoms with Gasteiger partial charge in [0.1, 0.15) is 0 Å². The molecule has 0 unspecified atom stereocenters. The summed E-state index contributed by atoms with van der Waals surface area (Å²) in [7, 11) is 0. The lowest BCUT2D eigenvalue weighted by Gasteiger charge is -2.19. The van der Waals surface area contributed by atoms with Gasteiger partial charge in [-0.1, -0.05) is 0 Å². The number of carbonyl (C=O) groups is 1. The second kappa shape index (κ2) is 4.95. The molecule has 0 aliphatic rings. The molecule has 9 heteroatoms. The summed E-state index contributed by atoms with van der Waals surface area (Å²) >= 11 is 2.93. The van der Waals surface area contributed by atoms with Gasteiger partial charge < -0.3 is 11.1 Å². The van der Waals surface area contributed by atoms with Crippen LogP contribution >= 0.6 is 15.9 Å². The molecule has 0 spiro atoms. The number of nitrogens with one attached hydrogen (secondary N) is 1. The third-order valence-corrected chi connectivity index (χ3v) is 2.90. The Morgan fingerprint density at radius 1 is 1.26 bits per heavy atom. The van der Waals surface area contributed by atoms with Crippen LogP contribution in [0.25, 0.3) is 0 Å². The van der Waals surface area contributed by atoms with E-state index in [1.165, 1.54) is 11.4 Å². The number of hydrogen-bond donors (Lipinski definition) is 2. The van der Waals surface area contributed by atoms with Crippen LogP contribution in [-0.2, 0) is 4.79 Å². The minimum Gasteiger partial charge on any atom is -0.398 e. The Labute approximate surface area is 113 Å². The highest BCUT2D eigenvalue weighted by Crippen LogP contribution is 2.37. The lowest BCUT2D eigenvalue weighted by molar-refractivity contribution is -0.267. The first kappa shape index (κ1) is 15.7. The second-order valence-corrected chi connectivity index (χ2v) is 4.57. The van der Waals surface area contributed by atoms with Crippen LogP contribution in [0.1, 0.15) is 5.56 Å². The smallest absolute Gasteiger partial charge is 0.398 e. The maximum absolute atomic E-state index is 12.7. The molecule has 0 fully saturated rings. The van der Waals surface area contributed by atoms with Gasteiger partial charge >= 0.3 is 18.0 Å². The molecule has 0 aliphatic heterocycles. The van der Waals surface area contributed by atoms with Crippen molar-refractivity contribution in [1.29, 1.82) is 0 Å². The van der Waals surface area contributed by atoms with Crippen molar-refractivity contribution in [2.24, 2.45) is 0 Å². The summed E-state index contributed by atoms with van der Waals surface area (Å²) in [6.07, 6.45) is -5.96. The van der Waals surface area contributed by atoms with Crippen LogP contribution in [0.2, 0.25) is 0 Å². The third-order valence-electron chi connectivity index (χ3n) is 2.25. The first-order valence-corrected chi connectivity index (χ1v) is 5.57. The van der Waals surface area contributed by atoms with E-state index in [0.29, 0.717) is 5.56 Å². The van der Waals surface area contributed by atoms with Crippen LogP contribution in [0.3, 0.4) is 0 Å². The van der Waals surface area contributed by atoms with Crippen LogP contribution in [0.15, 0.2) is 16.6 Å². The Bertz CT molecular complexity index is 515. The number of nitrogens with two attached hydrogens (primary N) is 1. The zero-order valence-corrected chi connectivity index (χ0v) is 11.0. The van der Waals surface area contributed by atoms with E-state index in [-0.39, 0.29) is 15.8 Å². The summed E-state index contributed by atoms with van der Waals surface area (Å²) in [4.78, 5) is 11.0. The number of nitrogen functional groups attached to an aromatic ring is 1. The van der Waals surface area contributed by atoms with Crippen LogP contribution in [-0.4, -0.2) is 18.0 Å². The van der Waals surface area contributed by atoms with E-state index >= 15 is 0 Å². The average Bonchev–Trinajstić information content (AvgIpc) is 2.24. The third kappa shape index (κ3) is 3.14. The first-order valence-electron chi connectivity index (χ1n) is 4.78. The fourth-order valence-electron chi connectivity index (χ4n) is 1.11. The summed E-state index contributed by atoms with van der Waals surface area (Å²) in [5, 5.41) is 1.49. The Morgan fingerprint density at radius 2 is 1.79 bits per heavy atom. The predicted octanol–water partition coefficient (Wildman–Crippen LogP) is 3.48. The largest absolute Gasteiger partial charge is 0.463 e. The highest BCUT2D eigenvalue weighted by atomic mass is 79.9. The van der Waals surface area contributed by atoms with Crippen LogP contribution in [0, 0.1) is 6.92 Å². The molecule has 0 bridgehead atoms. The lowest BCUT2D eigenvalue weighted by Crippen LogP contribution is -2.47. The normalized spacial score (nSPS) is 12.4. The summed E-state index contributed by atoms with van der Waals surface area (Å²) in [5.41, 5.74) is 5.94. The van der Waals surface area contributed by atoms with E-state index < -0.39 is 18.0 Å². The van der Waals surface area contributed by atoms with Crippen molar-refractivity contribution in [2.75, 3.05) is 11.1 Å². The molecule has 1 amide bonds. The Hall–Kier alpha value is -1.38. The number of carbonyl (C=O) groups excluding carboxylic acids is 1. The van der Waals surface area contributed by atoms with Crippen molar-refractivity contribution in [1.82, 2.24) is 0 Å².